The van der Waals surface area contributed by atoms with Gasteiger partial charge in [0.25, 0.3) is 0 Å². The van der Waals surface area contributed by atoms with Crippen molar-refractivity contribution in [3.8, 4) is 11.5 Å². The van der Waals surface area contributed by atoms with Gasteiger partial charge in [0.15, 0.2) is 11.5 Å². The number of aromatic amines is 1. The van der Waals surface area contributed by atoms with Crippen LogP contribution in [0.3, 0.4) is 0 Å². The zero-order valence-corrected chi connectivity index (χ0v) is 9.78. The minimum Gasteiger partial charge on any atom is -0.493 e. The quantitative estimate of drug-likeness (QED) is 0.694. The topological polar surface area (TPSA) is 58.3 Å². The highest BCUT2D eigenvalue weighted by Crippen LogP contribution is 2.29. The van der Waals surface area contributed by atoms with E-state index in [1.165, 1.54) is 0 Å². The molecule has 0 aliphatic rings. The molecule has 0 spiro atoms. The number of hydrogen-bond donors (Lipinski definition) is 3. The fourth-order valence-electron chi connectivity index (χ4n) is 1.46. The molecule has 0 aliphatic carbocycles. The van der Waals surface area contributed by atoms with E-state index in [0.717, 1.165) is 11.4 Å². The van der Waals surface area contributed by atoms with Gasteiger partial charge in [-0.25, -0.2) is 0 Å². The van der Waals surface area contributed by atoms with Gasteiger partial charge in [-0.1, -0.05) is 0 Å². The Bertz CT molecular complexity index is 469. The molecule has 2 rings (SSSR count). The second-order valence-corrected chi connectivity index (χ2v) is 3.42. The molecule has 2 aromatic rings. The summed E-state index contributed by atoms with van der Waals surface area (Å²) >= 11 is 0. The SMILES string of the molecule is COc1ccc(NNc2cc[nH]c2)cc1OC. The molecule has 1 aromatic heterocycles. The van der Waals surface area contributed by atoms with Gasteiger partial charge in [0, 0.05) is 18.5 Å². The molecular weight excluding hydrogens is 218 g/mol. The number of benzene rings is 1. The van der Waals surface area contributed by atoms with Crippen LogP contribution in [0.5, 0.6) is 11.5 Å². The van der Waals surface area contributed by atoms with Crippen molar-refractivity contribution in [3.63, 3.8) is 0 Å². The Morgan fingerprint density at radius 2 is 1.71 bits per heavy atom. The smallest absolute Gasteiger partial charge is 0.162 e. The van der Waals surface area contributed by atoms with E-state index in [-0.39, 0.29) is 0 Å². The van der Waals surface area contributed by atoms with E-state index < -0.39 is 0 Å². The fourth-order valence-corrected chi connectivity index (χ4v) is 1.46. The molecule has 90 valence electrons. The number of hydrazine groups is 1. The third kappa shape index (κ3) is 2.63. The first-order valence-electron chi connectivity index (χ1n) is 5.20. The average Bonchev–Trinajstić information content (AvgIpc) is 2.89. The third-order valence-electron chi connectivity index (χ3n) is 2.33. The summed E-state index contributed by atoms with van der Waals surface area (Å²) in [6.07, 6.45) is 3.70. The zero-order chi connectivity index (χ0) is 12.1. The van der Waals surface area contributed by atoms with Gasteiger partial charge in [-0.3, -0.25) is 5.43 Å². The summed E-state index contributed by atoms with van der Waals surface area (Å²) in [5, 5.41) is 0. The van der Waals surface area contributed by atoms with Crippen molar-refractivity contribution in [2.24, 2.45) is 0 Å². The Morgan fingerprint density at radius 1 is 0.941 bits per heavy atom. The van der Waals surface area contributed by atoms with Crippen molar-refractivity contribution in [3.05, 3.63) is 36.7 Å². The van der Waals surface area contributed by atoms with E-state index in [0.29, 0.717) is 11.5 Å². The van der Waals surface area contributed by atoms with Crippen LogP contribution in [0, 0.1) is 0 Å². The van der Waals surface area contributed by atoms with Crippen LogP contribution in [-0.2, 0) is 0 Å². The number of H-pyrrole nitrogens is 1. The van der Waals surface area contributed by atoms with Crippen LogP contribution in [0.2, 0.25) is 0 Å². The van der Waals surface area contributed by atoms with Gasteiger partial charge in [0.2, 0.25) is 0 Å². The number of aromatic nitrogens is 1. The number of methoxy groups -OCH3 is 2. The van der Waals surface area contributed by atoms with E-state index in [1.807, 2.05) is 36.7 Å². The Kier molecular flexibility index (Phi) is 3.40. The summed E-state index contributed by atoms with van der Waals surface area (Å²) in [5.41, 5.74) is 7.97. The molecule has 0 radical (unpaired) electrons. The number of rotatable bonds is 5. The predicted molar refractivity (Wildman–Crippen MR) is 67.6 cm³/mol. The predicted octanol–water partition coefficient (Wildman–Crippen LogP) is 2.47. The van der Waals surface area contributed by atoms with Crippen LogP contribution in [0.15, 0.2) is 36.7 Å². The monoisotopic (exact) mass is 233 g/mol. The first-order valence-corrected chi connectivity index (χ1v) is 5.20. The molecule has 0 amide bonds. The zero-order valence-electron chi connectivity index (χ0n) is 9.78. The molecule has 0 bridgehead atoms. The molecule has 0 fully saturated rings. The van der Waals surface area contributed by atoms with E-state index in [9.17, 15) is 0 Å². The van der Waals surface area contributed by atoms with Crippen molar-refractivity contribution in [2.45, 2.75) is 0 Å². The maximum Gasteiger partial charge on any atom is 0.162 e. The number of anilines is 2. The molecule has 0 saturated heterocycles. The van der Waals surface area contributed by atoms with Crippen LogP contribution in [-0.4, -0.2) is 19.2 Å². The van der Waals surface area contributed by atoms with Crippen molar-refractivity contribution < 1.29 is 9.47 Å². The maximum absolute atomic E-state index is 5.21. The molecule has 5 nitrogen and oxygen atoms in total. The summed E-state index contributed by atoms with van der Waals surface area (Å²) in [4.78, 5) is 2.96. The number of hydrogen-bond acceptors (Lipinski definition) is 4. The molecule has 3 N–H and O–H groups in total. The van der Waals surface area contributed by atoms with E-state index in [1.54, 1.807) is 14.2 Å². The highest BCUT2D eigenvalue weighted by molar-refractivity contribution is 5.57. The van der Waals surface area contributed by atoms with Crippen LogP contribution >= 0.6 is 0 Å². The van der Waals surface area contributed by atoms with Gasteiger partial charge < -0.3 is 19.9 Å². The molecule has 1 aromatic carbocycles. The van der Waals surface area contributed by atoms with Crippen molar-refractivity contribution >= 4 is 11.4 Å². The van der Waals surface area contributed by atoms with Gasteiger partial charge in [-0.15, -0.1) is 0 Å². The molecule has 0 saturated carbocycles. The minimum absolute atomic E-state index is 0.688. The van der Waals surface area contributed by atoms with Crippen molar-refractivity contribution in [2.75, 3.05) is 25.1 Å². The normalized spacial score (nSPS) is 9.76. The molecule has 5 heteroatoms. The van der Waals surface area contributed by atoms with Crippen molar-refractivity contribution in [1.82, 2.24) is 4.98 Å². The lowest BCUT2D eigenvalue weighted by atomic mass is 10.3. The summed E-state index contributed by atoms with van der Waals surface area (Å²) in [6, 6.07) is 7.53. The number of ether oxygens (including phenoxy) is 2. The van der Waals surface area contributed by atoms with Crippen LogP contribution in [0.1, 0.15) is 0 Å². The summed E-state index contributed by atoms with van der Waals surface area (Å²) in [5.74, 6) is 1.40. The molecule has 0 aliphatic heterocycles. The Balaban J connectivity index is 2.06. The highest BCUT2D eigenvalue weighted by atomic mass is 16.5. The van der Waals surface area contributed by atoms with E-state index >= 15 is 0 Å². The Morgan fingerprint density at radius 3 is 2.35 bits per heavy atom. The molecule has 0 atom stereocenters. The lowest BCUT2D eigenvalue weighted by molar-refractivity contribution is 0.355. The summed E-state index contributed by atoms with van der Waals surface area (Å²) in [6.45, 7) is 0. The largest absolute Gasteiger partial charge is 0.493 e. The van der Waals surface area contributed by atoms with E-state index in [2.05, 4.69) is 15.8 Å². The summed E-state index contributed by atoms with van der Waals surface area (Å²) in [7, 11) is 3.23. The second-order valence-electron chi connectivity index (χ2n) is 3.42. The molecule has 0 unspecified atom stereocenters. The van der Waals surface area contributed by atoms with Gasteiger partial charge in [0.1, 0.15) is 0 Å². The number of nitrogens with one attached hydrogen (secondary N) is 3. The molecule has 17 heavy (non-hydrogen) atoms. The highest BCUT2D eigenvalue weighted by Gasteiger charge is 2.03. The Labute approximate surface area is 99.7 Å². The Hall–Kier alpha value is -2.30. The van der Waals surface area contributed by atoms with Gasteiger partial charge in [0.05, 0.1) is 25.6 Å². The standard InChI is InChI=1S/C12H15N3O2/c1-16-11-4-3-9(7-12(11)17-2)14-15-10-5-6-13-8-10/h3-8,13-15H,1-2H3. The van der Waals surface area contributed by atoms with Gasteiger partial charge in [-0.05, 0) is 18.2 Å². The van der Waals surface area contributed by atoms with Gasteiger partial charge in [-0.2, -0.15) is 0 Å². The minimum atomic E-state index is 0.688. The lowest BCUT2D eigenvalue weighted by Crippen LogP contribution is -2.07. The molecule has 1 heterocycles. The second kappa shape index (κ2) is 5.16. The third-order valence-corrected chi connectivity index (χ3v) is 2.33. The fraction of sp³-hybridized carbons (Fsp3) is 0.167. The molecular formula is C12H15N3O2. The van der Waals surface area contributed by atoms with Crippen molar-refractivity contribution in [1.29, 1.82) is 0 Å². The first-order chi connectivity index (χ1) is 8.33. The lowest BCUT2D eigenvalue weighted by Gasteiger charge is -2.11. The van der Waals surface area contributed by atoms with Crippen LogP contribution in [0.25, 0.3) is 0 Å². The van der Waals surface area contributed by atoms with Crippen LogP contribution < -0.4 is 20.3 Å². The average molecular weight is 233 g/mol. The van der Waals surface area contributed by atoms with Gasteiger partial charge >= 0.3 is 0 Å². The maximum atomic E-state index is 5.21. The summed E-state index contributed by atoms with van der Waals surface area (Å²) < 4.78 is 10.4. The first kappa shape index (κ1) is 11.2. The van der Waals surface area contributed by atoms with Crippen LogP contribution in [0.4, 0.5) is 11.4 Å². The van der Waals surface area contributed by atoms with E-state index in [4.69, 9.17) is 9.47 Å².